The van der Waals surface area contributed by atoms with Crippen molar-refractivity contribution >= 4 is 5.91 Å². The maximum absolute atomic E-state index is 12.3. The third-order valence-corrected chi connectivity index (χ3v) is 4.89. The van der Waals surface area contributed by atoms with E-state index in [-0.39, 0.29) is 5.91 Å². The Morgan fingerprint density at radius 1 is 0.880 bits per heavy atom. The molecule has 3 nitrogen and oxygen atoms in total. The Labute approximate surface area is 151 Å². The van der Waals surface area contributed by atoms with Crippen LogP contribution in [-0.4, -0.2) is 23.9 Å². The molecule has 0 atom stereocenters. The van der Waals surface area contributed by atoms with Crippen LogP contribution in [-0.2, 0) is 13.1 Å². The van der Waals surface area contributed by atoms with Gasteiger partial charge in [-0.2, -0.15) is 0 Å². The number of nitrogens with zero attached hydrogens (tertiary/aromatic N) is 1. The van der Waals surface area contributed by atoms with Crippen LogP contribution in [0.1, 0.15) is 52.7 Å². The lowest BCUT2D eigenvalue weighted by atomic mass is 10.1. The van der Waals surface area contributed by atoms with Crippen molar-refractivity contribution in [3.8, 4) is 0 Å². The molecule has 0 aromatic heterocycles. The van der Waals surface area contributed by atoms with E-state index in [1.165, 1.54) is 49.9 Å². The van der Waals surface area contributed by atoms with Crippen LogP contribution in [0.2, 0.25) is 0 Å². The summed E-state index contributed by atoms with van der Waals surface area (Å²) in [6.07, 6.45) is 5.33. The second-order valence-corrected chi connectivity index (χ2v) is 7.06. The Hall–Kier alpha value is -2.13. The standard InChI is InChI=1S/C22H28N2O/c1-18-6-8-19(9-7-18)16-23-22(25)21-12-10-20(11-13-21)17-24-14-4-2-3-5-15-24/h6-13H,2-5,14-17H2,1H3,(H,23,25). The average molecular weight is 336 g/mol. The molecule has 1 heterocycles. The first-order valence-electron chi connectivity index (χ1n) is 9.36. The van der Waals surface area contributed by atoms with Crippen LogP contribution in [0.25, 0.3) is 0 Å². The number of nitrogens with one attached hydrogen (secondary N) is 1. The molecule has 3 rings (SSSR count). The van der Waals surface area contributed by atoms with Crippen LogP contribution in [0, 0.1) is 6.92 Å². The lowest BCUT2D eigenvalue weighted by molar-refractivity contribution is 0.0951. The van der Waals surface area contributed by atoms with Gasteiger partial charge in [-0.25, -0.2) is 0 Å². The van der Waals surface area contributed by atoms with Crippen LogP contribution in [0.15, 0.2) is 48.5 Å². The Morgan fingerprint density at radius 2 is 1.48 bits per heavy atom. The summed E-state index contributed by atoms with van der Waals surface area (Å²) in [5, 5.41) is 2.99. The SMILES string of the molecule is Cc1ccc(CNC(=O)c2ccc(CN3CCCCCC3)cc2)cc1. The monoisotopic (exact) mass is 336 g/mol. The van der Waals surface area contributed by atoms with E-state index in [1.807, 2.05) is 12.1 Å². The first-order valence-corrected chi connectivity index (χ1v) is 9.36. The van der Waals surface area contributed by atoms with Gasteiger partial charge >= 0.3 is 0 Å². The molecule has 3 heteroatoms. The number of rotatable bonds is 5. The molecular formula is C22H28N2O. The summed E-state index contributed by atoms with van der Waals surface area (Å²) >= 11 is 0. The molecule has 0 unspecified atom stereocenters. The van der Waals surface area contributed by atoms with Crippen molar-refractivity contribution in [1.29, 1.82) is 0 Å². The van der Waals surface area contributed by atoms with E-state index in [1.54, 1.807) is 0 Å². The van der Waals surface area contributed by atoms with Crippen molar-refractivity contribution in [2.24, 2.45) is 0 Å². The van der Waals surface area contributed by atoms with Gasteiger partial charge in [-0.3, -0.25) is 9.69 Å². The first kappa shape index (κ1) is 17.7. The van der Waals surface area contributed by atoms with E-state index >= 15 is 0 Å². The predicted octanol–water partition coefficient (Wildman–Crippen LogP) is 4.30. The summed E-state index contributed by atoms with van der Waals surface area (Å²) in [5.74, 6) is -0.0121. The Bertz CT molecular complexity index is 668. The lowest BCUT2D eigenvalue weighted by Crippen LogP contribution is -2.24. The van der Waals surface area contributed by atoms with Crippen LogP contribution in [0.3, 0.4) is 0 Å². The highest BCUT2D eigenvalue weighted by molar-refractivity contribution is 5.94. The summed E-state index contributed by atoms with van der Waals surface area (Å²) in [7, 11) is 0. The van der Waals surface area contributed by atoms with E-state index in [0.29, 0.717) is 6.54 Å². The van der Waals surface area contributed by atoms with Gasteiger partial charge < -0.3 is 5.32 Å². The van der Waals surface area contributed by atoms with Gasteiger partial charge in [0.15, 0.2) is 0 Å². The summed E-state index contributed by atoms with van der Waals surface area (Å²) in [6, 6.07) is 16.3. The summed E-state index contributed by atoms with van der Waals surface area (Å²) in [6.45, 7) is 6.01. The lowest BCUT2D eigenvalue weighted by Gasteiger charge is -2.19. The van der Waals surface area contributed by atoms with Gasteiger partial charge in [0, 0.05) is 18.7 Å². The van der Waals surface area contributed by atoms with Gasteiger partial charge in [0.25, 0.3) is 5.91 Å². The van der Waals surface area contributed by atoms with Crippen LogP contribution >= 0.6 is 0 Å². The van der Waals surface area contributed by atoms with Crippen LogP contribution in [0.5, 0.6) is 0 Å². The minimum absolute atomic E-state index is 0.0121. The molecule has 0 aliphatic carbocycles. The molecule has 25 heavy (non-hydrogen) atoms. The molecule has 1 aliphatic rings. The molecule has 2 aromatic carbocycles. The number of hydrogen-bond acceptors (Lipinski definition) is 2. The molecule has 1 fully saturated rings. The number of aryl methyl sites for hydroxylation is 1. The number of benzene rings is 2. The van der Waals surface area contributed by atoms with Crippen molar-refractivity contribution in [2.75, 3.05) is 13.1 Å². The highest BCUT2D eigenvalue weighted by atomic mass is 16.1. The normalized spacial score (nSPS) is 15.6. The van der Waals surface area contributed by atoms with Gasteiger partial charge in [0.2, 0.25) is 0 Å². The van der Waals surface area contributed by atoms with E-state index in [0.717, 1.165) is 17.7 Å². The number of carbonyl (C=O) groups excluding carboxylic acids is 1. The van der Waals surface area contributed by atoms with Gasteiger partial charge in [0.05, 0.1) is 0 Å². The van der Waals surface area contributed by atoms with E-state index in [9.17, 15) is 4.79 Å². The number of carbonyl (C=O) groups is 1. The first-order chi connectivity index (χ1) is 12.2. The number of hydrogen-bond donors (Lipinski definition) is 1. The Morgan fingerprint density at radius 3 is 2.12 bits per heavy atom. The maximum Gasteiger partial charge on any atom is 0.251 e. The Balaban J connectivity index is 1.52. The molecule has 0 bridgehead atoms. The van der Waals surface area contributed by atoms with Crippen molar-refractivity contribution in [3.63, 3.8) is 0 Å². The molecule has 1 saturated heterocycles. The fourth-order valence-corrected chi connectivity index (χ4v) is 3.30. The second kappa shape index (κ2) is 8.82. The van der Waals surface area contributed by atoms with E-state index in [2.05, 4.69) is 53.5 Å². The van der Waals surface area contributed by atoms with Gasteiger partial charge in [-0.05, 0) is 56.1 Å². The highest BCUT2D eigenvalue weighted by Crippen LogP contribution is 2.14. The second-order valence-electron chi connectivity index (χ2n) is 7.06. The third-order valence-electron chi connectivity index (χ3n) is 4.89. The minimum atomic E-state index is -0.0121. The molecular weight excluding hydrogens is 308 g/mol. The van der Waals surface area contributed by atoms with E-state index < -0.39 is 0 Å². The minimum Gasteiger partial charge on any atom is -0.348 e. The number of amides is 1. The topological polar surface area (TPSA) is 32.3 Å². The zero-order chi connectivity index (χ0) is 17.5. The summed E-state index contributed by atoms with van der Waals surface area (Å²) < 4.78 is 0. The highest BCUT2D eigenvalue weighted by Gasteiger charge is 2.10. The quantitative estimate of drug-likeness (QED) is 0.883. The fraction of sp³-hybridized carbons (Fsp3) is 0.409. The van der Waals surface area contributed by atoms with Crippen molar-refractivity contribution in [2.45, 2.75) is 45.7 Å². The molecule has 1 N–H and O–H groups in total. The molecule has 1 amide bonds. The largest absolute Gasteiger partial charge is 0.348 e. The van der Waals surface area contributed by atoms with Crippen molar-refractivity contribution in [3.05, 3.63) is 70.8 Å². The maximum atomic E-state index is 12.3. The molecule has 0 spiro atoms. The fourth-order valence-electron chi connectivity index (χ4n) is 3.30. The van der Waals surface area contributed by atoms with Gasteiger partial charge in [0.1, 0.15) is 0 Å². The van der Waals surface area contributed by atoms with Crippen LogP contribution < -0.4 is 5.32 Å². The smallest absolute Gasteiger partial charge is 0.251 e. The molecule has 0 saturated carbocycles. The molecule has 1 aliphatic heterocycles. The molecule has 132 valence electrons. The van der Waals surface area contributed by atoms with E-state index in [4.69, 9.17) is 0 Å². The molecule has 2 aromatic rings. The molecule has 0 radical (unpaired) electrons. The number of likely N-dealkylation sites (tertiary alicyclic amines) is 1. The summed E-state index contributed by atoms with van der Waals surface area (Å²) in [5.41, 5.74) is 4.37. The van der Waals surface area contributed by atoms with Gasteiger partial charge in [-0.15, -0.1) is 0 Å². The predicted molar refractivity (Wildman–Crippen MR) is 103 cm³/mol. The van der Waals surface area contributed by atoms with Crippen LogP contribution in [0.4, 0.5) is 0 Å². The zero-order valence-corrected chi connectivity index (χ0v) is 15.1. The zero-order valence-electron chi connectivity index (χ0n) is 15.1. The average Bonchev–Trinajstić information content (AvgIpc) is 2.90. The van der Waals surface area contributed by atoms with Crippen molar-refractivity contribution in [1.82, 2.24) is 10.2 Å². The Kier molecular flexibility index (Phi) is 6.24. The van der Waals surface area contributed by atoms with Gasteiger partial charge in [-0.1, -0.05) is 54.8 Å². The van der Waals surface area contributed by atoms with Crippen molar-refractivity contribution < 1.29 is 4.79 Å². The third kappa shape index (κ3) is 5.43. The summed E-state index contributed by atoms with van der Waals surface area (Å²) in [4.78, 5) is 14.8.